The van der Waals surface area contributed by atoms with Crippen LogP contribution in [0.3, 0.4) is 0 Å². The third-order valence-corrected chi connectivity index (χ3v) is 4.40. The van der Waals surface area contributed by atoms with E-state index < -0.39 is 0 Å². The van der Waals surface area contributed by atoms with Gasteiger partial charge in [0, 0.05) is 37.5 Å². The van der Waals surface area contributed by atoms with Crippen LogP contribution >= 0.6 is 0 Å². The number of likely N-dealkylation sites (tertiary alicyclic amines) is 1. The summed E-state index contributed by atoms with van der Waals surface area (Å²) in [5, 5.41) is 16.4. The lowest BCUT2D eigenvalue weighted by Crippen LogP contribution is -2.40. The maximum absolute atomic E-state index is 12.6. The molecule has 0 atom stereocenters. The summed E-state index contributed by atoms with van der Waals surface area (Å²) in [6, 6.07) is 8.34. The van der Waals surface area contributed by atoms with Gasteiger partial charge in [0.05, 0.1) is 13.2 Å². The number of amides is 2. The standard InChI is InChI=1S/C18H22N4O4/c1-21-16(26-2)11-15(20-21)17(24)19-13-5-3-4-12(10-13)18(25)22-8-6-14(23)7-9-22/h3-5,10-11,14,23H,6-9H2,1-2H3,(H,19,24). The third-order valence-electron chi connectivity index (χ3n) is 4.40. The lowest BCUT2D eigenvalue weighted by atomic mass is 10.1. The smallest absolute Gasteiger partial charge is 0.276 e. The number of ether oxygens (including phenoxy) is 1. The van der Waals surface area contributed by atoms with Crippen LogP contribution in [0.15, 0.2) is 30.3 Å². The van der Waals surface area contributed by atoms with E-state index in [-0.39, 0.29) is 23.6 Å². The Morgan fingerprint density at radius 1 is 1.27 bits per heavy atom. The number of rotatable bonds is 4. The van der Waals surface area contributed by atoms with Crippen molar-refractivity contribution in [1.29, 1.82) is 0 Å². The second kappa shape index (κ2) is 7.57. The van der Waals surface area contributed by atoms with Crippen LogP contribution in [0.25, 0.3) is 0 Å². The fourth-order valence-corrected chi connectivity index (χ4v) is 2.93. The Kier molecular flexibility index (Phi) is 5.22. The van der Waals surface area contributed by atoms with Crippen molar-refractivity contribution in [3.8, 4) is 5.88 Å². The maximum Gasteiger partial charge on any atom is 0.276 e. The molecule has 1 saturated heterocycles. The molecule has 1 aliphatic rings. The summed E-state index contributed by atoms with van der Waals surface area (Å²) in [6.45, 7) is 1.06. The molecule has 3 rings (SSSR count). The summed E-state index contributed by atoms with van der Waals surface area (Å²) in [5.41, 5.74) is 1.24. The molecule has 8 heteroatoms. The van der Waals surface area contributed by atoms with Crippen molar-refractivity contribution >= 4 is 17.5 Å². The first-order valence-electron chi connectivity index (χ1n) is 8.44. The second-order valence-electron chi connectivity index (χ2n) is 6.25. The number of aliphatic hydroxyl groups excluding tert-OH is 1. The highest BCUT2D eigenvalue weighted by Crippen LogP contribution is 2.18. The topological polar surface area (TPSA) is 96.7 Å². The van der Waals surface area contributed by atoms with Crippen LogP contribution in [0.2, 0.25) is 0 Å². The maximum atomic E-state index is 12.6. The molecule has 0 aliphatic carbocycles. The molecule has 26 heavy (non-hydrogen) atoms. The zero-order valence-corrected chi connectivity index (χ0v) is 14.8. The number of nitrogens with zero attached hydrogens (tertiary/aromatic N) is 3. The van der Waals surface area contributed by atoms with Gasteiger partial charge in [0.25, 0.3) is 11.8 Å². The fraction of sp³-hybridized carbons (Fsp3) is 0.389. The van der Waals surface area contributed by atoms with Crippen LogP contribution in [-0.2, 0) is 7.05 Å². The number of aliphatic hydroxyl groups is 1. The molecule has 1 aromatic heterocycles. The summed E-state index contributed by atoms with van der Waals surface area (Å²) < 4.78 is 6.58. The van der Waals surface area contributed by atoms with Gasteiger partial charge in [0.2, 0.25) is 5.88 Å². The van der Waals surface area contributed by atoms with Crippen molar-refractivity contribution in [2.45, 2.75) is 18.9 Å². The van der Waals surface area contributed by atoms with E-state index in [1.165, 1.54) is 11.8 Å². The van der Waals surface area contributed by atoms with Crippen LogP contribution in [0.5, 0.6) is 5.88 Å². The van der Waals surface area contributed by atoms with Gasteiger partial charge in [-0.1, -0.05) is 6.07 Å². The number of piperidine rings is 1. The second-order valence-corrected chi connectivity index (χ2v) is 6.25. The molecular formula is C18H22N4O4. The SMILES string of the molecule is COc1cc(C(=O)Nc2cccc(C(=O)N3CCC(O)CC3)c2)nn1C. The Morgan fingerprint density at radius 3 is 2.65 bits per heavy atom. The number of anilines is 1. The molecule has 2 amide bonds. The Hall–Kier alpha value is -2.87. The number of benzene rings is 1. The number of aryl methyl sites for hydroxylation is 1. The molecule has 2 aromatic rings. The largest absolute Gasteiger partial charge is 0.481 e. The summed E-state index contributed by atoms with van der Waals surface area (Å²) in [7, 11) is 3.19. The fourth-order valence-electron chi connectivity index (χ4n) is 2.93. The van der Waals surface area contributed by atoms with Gasteiger partial charge in [-0.15, -0.1) is 0 Å². The highest BCUT2D eigenvalue weighted by Gasteiger charge is 2.22. The number of hydrogen-bond donors (Lipinski definition) is 2. The summed E-state index contributed by atoms with van der Waals surface area (Å²) in [5.74, 6) is -0.00605. The van der Waals surface area contributed by atoms with E-state index in [0.29, 0.717) is 43.1 Å². The number of nitrogens with one attached hydrogen (secondary N) is 1. The number of methoxy groups -OCH3 is 1. The Bertz CT molecular complexity index is 809. The molecular weight excluding hydrogens is 336 g/mol. The molecule has 1 aromatic carbocycles. The van der Waals surface area contributed by atoms with Gasteiger partial charge >= 0.3 is 0 Å². The van der Waals surface area contributed by atoms with Crippen molar-refractivity contribution in [3.63, 3.8) is 0 Å². The van der Waals surface area contributed by atoms with E-state index in [0.717, 1.165) is 0 Å². The molecule has 1 aliphatic heterocycles. The van der Waals surface area contributed by atoms with Crippen LogP contribution in [-0.4, -0.2) is 57.9 Å². The van der Waals surface area contributed by atoms with Gasteiger partial charge in [-0.3, -0.25) is 9.59 Å². The molecule has 2 N–H and O–H groups in total. The minimum Gasteiger partial charge on any atom is -0.481 e. The number of aromatic nitrogens is 2. The number of carbonyl (C=O) groups excluding carboxylic acids is 2. The molecule has 0 bridgehead atoms. The zero-order valence-electron chi connectivity index (χ0n) is 14.8. The predicted molar refractivity (Wildman–Crippen MR) is 95.3 cm³/mol. The highest BCUT2D eigenvalue weighted by molar-refractivity contribution is 6.04. The van der Waals surface area contributed by atoms with Gasteiger partial charge in [-0.05, 0) is 31.0 Å². The Labute approximate surface area is 151 Å². The molecule has 0 spiro atoms. The minimum absolute atomic E-state index is 0.104. The van der Waals surface area contributed by atoms with Crippen molar-refractivity contribution in [2.24, 2.45) is 7.05 Å². The van der Waals surface area contributed by atoms with Crippen LogP contribution in [0.4, 0.5) is 5.69 Å². The predicted octanol–water partition coefficient (Wildman–Crippen LogP) is 1.28. The Balaban J connectivity index is 1.70. The highest BCUT2D eigenvalue weighted by atomic mass is 16.5. The quantitative estimate of drug-likeness (QED) is 0.858. The van der Waals surface area contributed by atoms with Gasteiger partial charge in [0.1, 0.15) is 0 Å². The first kappa shape index (κ1) is 17.9. The third kappa shape index (κ3) is 3.85. The van der Waals surface area contributed by atoms with Gasteiger partial charge in [-0.25, -0.2) is 4.68 Å². The summed E-state index contributed by atoms with van der Waals surface area (Å²) in [6.07, 6.45) is 0.841. The van der Waals surface area contributed by atoms with Crippen LogP contribution in [0.1, 0.15) is 33.7 Å². The summed E-state index contributed by atoms with van der Waals surface area (Å²) in [4.78, 5) is 26.7. The molecule has 1 fully saturated rings. The molecule has 0 saturated carbocycles. The van der Waals surface area contributed by atoms with Crippen LogP contribution < -0.4 is 10.1 Å². The first-order chi connectivity index (χ1) is 12.5. The van der Waals surface area contributed by atoms with Crippen LogP contribution in [0, 0.1) is 0 Å². The number of carbonyl (C=O) groups is 2. The molecule has 8 nitrogen and oxygen atoms in total. The van der Waals surface area contributed by atoms with E-state index >= 15 is 0 Å². The Morgan fingerprint density at radius 2 is 2.00 bits per heavy atom. The van der Waals surface area contributed by atoms with E-state index in [9.17, 15) is 14.7 Å². The molecule has 138 valence electrons. The van der Waals surface area contributed by atoms with Gasteiger partial charge < -0.3 is 20.1 Å². The van der Waals surface area contributed by atoms with Gasteiger partial charge in [0.15, 0.2) is 5.69 Å². The van der Waals surface area contributed by atoms with E-state index in [2.05, 4.69) is 10.4 Å². The average Bonchev–Trinajstić information content (AvgIpc) is 3.03. The normalized spacial score (nSPS) is 15.0. The van der Waals surface area contributed by atoms with Crippen molar-refractivity contribution in [1.82, 2.24) is 14.7 Å². The van der Waals surface area contributed by atoms with Gasteiger partial charge in [-0.2, -0.15) is 5.10 Å². The van der Waals surface area contributed by atoms with Crippen molar-refractivity contribution in [2.75, 3.05) is 25.5 Å². The lowest BCUT2D eigenvalue weighted by molar-refractivity contribution is 0.0546. The number of hydrogen-bond acceptors (Lipinski definition) is 5. The van der Waals surface area contributed by atoms with Crippen molar-refractivity contribution in [3.05, 3.63) is 41.6 Å². The zero-order chi connectivity index (χ0) is 18.7. The first-order valence-corrected chi connectivity index (χ1v) is 8.44. The van der Waals surface area contributed by atoms with E-state index in [1.807, 2.05) is 0 Å². The summed E-state index contributed by atoms with van der Waals surface area (Å²) >= 11 is 0. The van der Waals surface area contributed by atoms with Crippen molar-refractivity contribution < 1.29 is 19.4 Å². The molecule has 2 heterocycles. The molecule has 0 unspecified atom stereocenters. The lowest BCUT2D eigenvalue weighted by Gasteiger charge is -2.29. The van der Waals surface area contributed by atoms with E-state index in [4.69, 9.17) is 4.74 Å². The monoisotopic (exact) mass is 358 g/mol. The molecule has 0 radical (unpaired) electrons. The average molecular weight is 358 g/mol. The minimum atomic E-state index is -0.380. The van der Waals surface area contributed by atoms with E-state index in [1.54, 1.807) is 42.3 Å².